The molecule has 0 spiro atoms. The minimum atomic E-state index is -0.0358. The number of benzene rings is 2. The molecule has 0 atom stereocenters. The largest absolute Gasteiger partial charge is 0.494 e. The first-order valence-corrected chi connectivity index (χ1v) is 6.26. The molecular weight excluding hydrogens is 238 g/mol. The van der Waals surface area contributed by atoms with E-state index < -0.39 is 0 Å². The van der Waals surface area contributed by atoms with Crippen molar-refractivity contribution in [1.82, 2.24) is 0 Å². The molecule has 0 saturated carbocycles. The maximum Gasteiger partial charge on any atom is 0.193 e. The van der Waals surface area contributed by atoms with E-state index in [0.717, 1.165) is 5.56 Å². The number of hydrogen-bond donors (Lipinski definition) is 1. The number of nitrogen functional groups attached to an aromatic ring is 1. The van der Waals surface area contributed by atoms with Gasteiger partial charge in [-0.25, -0.2) is 0 Å². The van der Waals surface area contributed by atoms with Crippen LogP contribution in [0.1, 0.15) is 28.4 Å². The Morgan fingerprint density at radius 2 is 1.95 bits per heavy atom. The molecule has 2 rings (SSSR count). The highest BCUT2D eigenvalue weighted by Crippen LogP contribution is 2.21. The fraction of sp³-hybridized carbons (Fsp3) is 0.188. The highest BCUT2D eigenvalue weighted by Gasteiger charge is 2.13. The summed E-state index contributed by atoms with van der Waals surface area (Å²) in [6, 6.07) is 12.6. The second-order valence-corrected chi connectivity index (χ2v) is 4.31. The first kappa shape index (κ1) is 13.1. The van der Waals surface area contributed by atoms with Gasteiger partial charge in [-0.3, -0.25) is 4.79 Å². The molecule has 2 aromatic carbocycles. The zero-order chi connectivity index (χ0) is 13.8. The molecule has 0 aliphatic heterocycles. The lowest BCUT2D eigenvalue weighted by atomic mass is 9.98. The number of anilines is 1. The molecule has 98 valence electrons. The zero-order valence-corrected chi connectivity index (χ0v) is 11.1. The second-order valence-electron chi connectivity index (χ2n) is 4.31. The van der Waals surface area contributed by atoms with Crippen LogP contribution in [0.2, 0.25) is 0 Å². The van der Waals surface area contributed by atoms with Gasteiger partial charge < -0.3 is 10.5 Å². The fourth-order valence-corrected chi connectivity index (χ4v) is 1.95. The van der Waals surface area contributed by atoms with E-state index in [0.29, 0.717) is 29.2 Å². The van der Waals surface area contributed by atoms with Crippen molar-refractivity contribution < 1.29 is 9.53 Å². The molecule has 2 N–H and O–H groups in total. The average Bonchev–Trinajstić information content (AvgIpc) is 2.42. The van der Waals surface area contributed by atoms with E-state index in [2.05, 4.69) is 0 Å². The van der Waals surface area contributed by atoms with Gasteiger partial charge in [0.05, 0.1) is 6.61 Å². The van der Waals surface area contributed by atoms with Gasteiger partial charge in [0.2, 0.25) is 0 Å². The van der Waals surface area contributed by atoms with E-state index >= 15 is 0 Å². The molecule has 0 fully saturated rings. The van der Waals surface area contributed by atoms with Crippen molar-refractivity contribution in [2.75, 3.05) is 12.3 Å². The van der Waals surface area contributed by atoms with Crippen LogP contribution >= 0.6 is 0 Å². The predicted octanol–water partition coefficient (Wildman–Crippen LogP) is 3.21. The van der Waals surface area contributed by atoms with Crippen molar-refractivity contribution in [2.24, 2.45) is 0 Å². The van der Waals surface area contributed by atoms with Gasteiger partial charge in [0.25, 0.3) is 0 Å². The van der Waals surface area contributed by atoms with Crippen LogP contribution < -0.4 is 10.5 Å². The molecule has 3 nitrogen and oxygen atoms in total. The molecule has 0 aliphatic rings. The Kier molecular flexibility index (Phi) is 3.85. The zero-order valence-electron chi connectivity index (χ0n) is 11.1. The van der Waals surface area contributed by atoms with Crippen LogP contribution in [0.3, 0.4) is 0 Å². The SMILES string of the molecule is CCOc1cccc(C(=O)c2cccc(N)c2C)c1. The van der Waals surface area contributed by atoms with Crippen LogP contribution in [0, 0.1) is 6.92 Å². The third-order valence-corrected chi connectivity index (χ3v) is 3.03. The standard InChI is InChI=1S/C16H17NO2/c1-3-19-13-7-4-6-12(10-13)16(18)14-8-5-9-15(17)11(14)2/h4-10H,3,17H2,1-2H3. The molecule has 0 aromatic heterocycles. The molecule has 2 aromatic rings. The van der Waals surface area contributed by atoms with Gasteiger partial charge in [-0.2, -0.15) is 0 Å². The number of hydrogen-bond acceptors (Lipinski definition) is 3. The van der Waals surface area contributed by atoms with Gasteiger partial charge in [0, 0.05) is 16.8 Å². The van der Waals surface area contributed by atoms with Crippen molar-refractivity contribution in [3.05, 3.63) is 59.2 Å². The Hall–Kier alpha value is -2.29. The van der Waals surface area contributed by atoms with Crippen molar-refractivity contribution in [3.63, 3.8) is 0 Å². The molecule has 0 radical (unpaired) electrons. The first-order chi connectivity index (χ1) is 9.13. The molecule has 0 unspecified atom stereocenters. The van der Waals surface area contributed by atoms with E-state index in [-0.39, 0.29) is 5.78 Å². The Morgan fingerprint density at radius 3 is 2.68 bits per heavy atom. The quantitative estimate of drug-likeness (QED) is 0.674. The third-order valence-electron chi connectivity index (χ3n) is 3.03. The minimum Gasteiger partial charge on any atom is -0.494 e. The van der Waals surface area contributed by atoms with Crippen LogP contribution in [-0.4, -0.2) is 12.4 Å². The van der Waals surface area contributed by atoms with Crippen LogP contribution in [0.4, 0.5) is 5.69 Å². The number of carbonyl (C=O) groups excluding carboxylic acids is 1. The normalized spacial score (nSPS) is 10.2. The molecule has 3 heteroatoms. The van der Waals surface area contributed by atoms with Crippen LogP contribution in [-0.2, 0) is 0 Å². The summed E-state index contributed by atoms with van der Waals surface area (Å²) in [5.41, 5.74) is 8.53. The molecule has 0 amide bonds. The fourth-order valence-electron chi connectivity index (χ4n) is 1.95. The van der Waals surface area contributed by atoms with Crippen LogP contribution in [0.15, 0.2) is 42.5 Å². The van der Waals surface area contributed by atoms with E-state index in [4.69, 9.17) is 10.5 Å². The number of carbonyl (C=O) groups is 1. The molecule has 0 bridgehead atoms. The average molecular weight is 255 g/mol. The van der Waals surface area contributed by atoms with Gasteiger partial charge in [-0.05, 0) is 37.6 Å². The minimum absolute atomic E-state index is 0.0358. The molecular formula is C16H17NO2. The van der Waals surface area contributed by atoms with Crippen LogP contribution in [0.25, 0.3) is 0 Å². The van der Waals surface area contributed by atoms with E-state index in [9.17, 15) is 4.79 Å². The summed E-state index contributed by atoms with van der Waals surface area (Å²) in [6.45, 7) is 4.35. The van der Waals surface area contributed by atoms with Gasteiger partial charge in [0.1, 0.15) is 5.75 Å². The molecule has 0 aliphatic carbocycles. The van der Waals surface area contributed by atoms with E-state index in [1.54, 1.807) is 30.3 Å². The van der Waals surface area contributed by atoms with Gasteiger partial charge >= 0.3 is 0 Å². The summed E-state index contributed by atoms with van der Waals surface area (Å²) < 4.78 is 5.41. The summed E-state index contributed by atoms with van der Waals surface area (Å²) in [4.78, 5) is 12.5. The monoisotopic (exact) mass is 255 g/mol. The van der Waals surface area contributed by atoms with Crippen molar-refractivity contribution >= 4 is 11.5 Å². The highest BCUT2D eigenvalue weighted by molar-refractivity contribution is 6.10. The van der Waals surface area contributed by atoms with Gasteiger partial charge in [0.15, 0.2) is 5.78 Å². The van der Waals surface area contributed by atoms with Crippen molar-refractivity contribution in [3.8, 4) is 5.75 Å². The van der Waals surface area contributed by atoms with E-state index in [1.165, 1.54) is 0 Å². The third kappa shape index (κ3) is 2.76. The maximum atomic E-state index is 12.5. The Balaban J connectivity index is 2.38. The van der Waals surface area contributed by atoms with Crippen LogP contribution in [0.5, 0.6) is 5.75 Å². The Morgan fingerprint density at radius 1 is 1.21 bits per heavy atom. The van der Waals surface area contributed by atoms with Gasteiger partial charge in [-0.1, -0.05) is 24.3 Å². The summed E-state index contributed by atoms with van der Waals surface area (Å²) >= 11 is 0. The van der Waals surface area contributed by atoms with Gasteiger partial charge in [-0.15, -0.1) is 0 Å². The van der Waals surface area contributed by atoms with E-state index in [1.807, 2.05) is 26.0 Å². The Labute approximate surface area is 113 Å². The predicted molar refractivity (Wildman–Crippen MR) is 76.6 cm³/mol. The van der Waals surface area contributed by atoms with Crippen molar-refractivity contribution in [2.45, 2.75) is 13.8 Å². The highest BCUT2D eigenvalue weighted by atomic mass is 16.5. The number of nitrogens with two attached hydrogens (primary N) is 1. The number of rotatable bonds is 4. The van der Waals surface area contributed by atoms with Crippen molar-refractivity contribution in [1.29, 1.82) is 0 Å². The lowest BCUT2D eigenvalue weighted by Gasteiger charge is -2.09. The smallest absolute Gasteiger partial charge is 0.193 e. The number of ether oxygens (including phenoxy) is 1. The summed E-state index contributed by atoms with van der Waals surface area (Å²) in [5, 5.41) is 0. The second kappa shape index (κ2) is 5.57. The number of ketones is 1. The lowest BCUT2D eigenvalue weighted by Crippen LogP contribution is -2.06. The Bertz CT molecular complexity index is 605. The summed E-state index contributed by atoms with van der Waals surface area (Å²) in [7, 11) is 0. The topological polar surface area (TPSA) is 52.3 Å². The molecule has 0 saturated heterocycles. The maximum absolute atomic E-state index is 12.5. The molecule has 0 heterocycles. The first-order valence-electron chi connectivity index (χ1n) is 6.26. The summed E-state index contributed by atoms with van der Waals surface area (Å²) in [6.07, 6.45) is 0. The lowest BCUT2D eigenvalue weighted by molar-refractivity contribution is 0.103. The molecule has 19 heavy (non-hydrogen) atoms. The summed E-state index contributed by atoms with van der Waals surface area (Å²) in [5.74, 6) is 0.668.